The van der Waals surface area contributed by atoms with Gasteiger partial charge in [0.1, 0.15) is 17.0 Å². The molecule has 2 heterocycles. The van der Waals surface area contributed by atoms with Crippen molar-refractivity contribution in [1.29, 1.82) is 0 Å². The van der Waals surface area contributed by atoms with Gasteiger partial charge in [-0.15, -0.1) is 0 Å². The van der Waals surface area contributed by atoms with Gasteiger partial charge in [-0.1, -0.05) is 50.6 Å². The molecule has 6 nitrogen and oxygen atoms in total. The molecule has 0 amide bonds. The molecule has 0 aliphatic heterocycles. The normalized spacial score (nSPS) is 11.2. The van der Waals surface area contributed by atoms with E-state index in [4.69, 9.17) is 33.7 Å². The number of halogens is 2. The number of rotatable bonds is 3. The maximum Gasteiger partial charge on any atom is 0.362 e. The van der Waals surface area contributed by atoms with Crippen molar-refractivity contribution in [3.05, 3.63) is 46.4 Å². The summed E-state index contributed by atoms with van der Waals surface area (Å²) in [7, 11) is 1.63. The Hall–Kier alpha value is -2.35. The lowest BCUT2D eigenvalue weighted by Gasteiger charge is -2.06. The summed E-state index contributed by atoms with van der Waals surface area (Å²) in [6.45, 7) is 0. The van der Waals surface area contributed by atoms with Crippen LogP contribution in [0.25, 0.3) is 15.2 Å². The minimum Gasteiger partial charge on any atom is -0.497 e. The molecule has 2 aromatic carbocycles. The van der Waals surface area contributed by atoms with E-state index in [-0.39, 0.29) is 5.95 Å². The third-order valence-corrected chi connectivity index (χ3v) is 5.28. The fraction of sp³-hybridized carbons (Fsp3) is 0.0625. The second-order valence-corrected chi connectivity index (χ2v) is 7.00. The first-order valence-electron chi connectivity index (χ1n) is 7.23. The van der Waals surface area contributed by atoms with E-state index in [1.807, 2.05) is 22.6 Å². The molecule has 0 fully saturated rings. The van der Waals surface area contributed by atoms with Crippen molar-refractivity contribution in [3.63, 3.8) is 0 Å². The number of ether oxygens (including phenoxy) is 1. The number of aromatic nitrogens is 3. The summed E-state index contributed by atoms with van der Waals surface area (Å²) in [4.78, 5) is 9.33. The van der Waals surface area contributed by atoms with E-state index >= 15 is 0 Å². The van der Waals surface area contributed by atoms with Gasteiger partial charge >= 0.3 is 16.9 Å². The Morgan fingerprint density at radius 3 is 2.64 bits per heavy atom. The van der Waals surface area contributed by atoms with Crippen LogP contribution in [0.3, 0.4) is 0 Å². The van der Waals surface area contributed by atoms with Gasteiger partial charge in [-0.2, -0.15) is 4.40 Å². The first-order chi connectivity index (χ1) is 12.1. The van der Waals surface area contributed by atoms with E-state index in [0.29, 0.717) is 26.6 Å². The first-order valence-corrected chi connectivity index (χ1v) is 8.81. The largest absolute Gasteiger partial charge is 0.497 e. The zero-order valence-electron chi connectivity index (χ0n) is 13.0. The Kier molecular flexibility index (Phi) is 3.99. The van der Waals surface area contributed by atoms with E-state index in [9.17, 15) is 0 Å². The van der Waals surface area contributed by atoms with Crippen molar-refractivity contribution >= 4 is 67.3 Å². The minimum atomic E-state index is 0.157. The van der Waals surface area contributed by atoms with Crippen molar-refractivity contribution in [2.45, 2.75) is 0 Å². The van der Waals surface area contributed by atoms with Gasteiger partial charge in [-0.05, 0) is 24.3 Å². The quantitative estimate of drug-likeness (QED) is 0.513. The van der Waals surface area contributed by atoms with E-state index in [2.05, 4.69) is 15.3 Å². The second kappa shape index (κ2) is 6.18. The molecule has 4 rings (SSSR count). The number of nitrogen functional groups attached to an aromatic ring is 1. The highest BCUT2D eigenvalue weighted by Crippen LogP contribution is 2.32. The number of thiazole rings is 1. The molecular weight excluding hydrogens is 381 g/mol. The van der Waals surface area contributed by atoms with Crippen molar-refractivity contribution in [1.82, 2.24) is 9.97 Å². The van der Waals surface area contributed by atoms with Gasteiger partial charge in [0.05, 0.1) is 21.9 Å². The number of nitrogens with zero attached hydrogens (tertiary/aromatic N) is 3. The number of nitrogens with one attached hydrogen (secondary N) is 1. The van der Waals surface area contributed by atoms with Crippen LogP contribution in [0, 0.1) is 0 Å². The Labute approximate surface area is 156 Å². The fourth-order valence-corrected chi connectivity index (χ4v) is 4.05. The van der Waals surface area contributed by atoms with Gasteiger partial charge in [-0.3, -0.25) is 5.32 Å². The smallest absolute Gasteiger partial charge is 0.362 e. The Balaban J connectivity index is 1.96. The monoisotopic (exact) mass is 392 g/mol. The molecule has 0 unspecified atom stereocenters. The van der Waals surface area contributed by atoms with Crippen LogP contribution < -0.4 is 20.2 Å². The summed E-state index contributed by atoms with van der Waals surface area (Å²) in [5, 5.41) is 4.15. The molecule has 4 aromatic rings. The standard InChI is InChI=1S/C16H11Cl2N5OS/c1-24-8-5-6-11-12(7-8)25-16-22-14(19)21-15(23(11)16)20-13-9(17)3-2-4-10(13)18/h2-7H,1H3,(H2,19,20,21)/p+1. The molecule has 0 bridgehead atoms. The number of fused-ring (bicyclic) bond motifs is 3. The van der Waals surface area contributed by atoms with Gasteiger partial charge in [-0.25, -0.2) is 0 Å². The summed E-state index contributed by atoms with van der Waals surface area (Å²) in [6.07, 6.45) is 0. The molecule has 3 N–H and O–H groups in total. The van der Waals surface area contributed by atoms with E-state index in [1.165, 1.54) is 11.3 Å². The summed E-state index contributed by atoms with van der Waals surface area (Å²) in [5.41, 5.74) is 7.36. The van der Waals surface area contributed by atoms with Gasteiger partial charge in [0.15, 0.2) is 0 Å². The lowest BCUT2D eigenvalue weighted by atomic mass is 10.3. The van der Waals surface area contributed by atoms with Crippen LogP contribution in [0.1, 0.15) is 0 Å². The molecule has 0 atom stereocenters. The molecule has 0 aliphatic rings. The van der Waals surface area contributed by atoms with Crippen LogP contribution in [-0.2, 0) is 0 Å². The van der Waals surface area contributed by atoms with Crippen molar-refractivity contribution in [3.8, 4) is 5.75 Å². The number of anilines is 3. The summed E-state index contributed by atoms with van der Waals surface area (Å²) in [6, 6.07) is 11.0. The predicted octanol–water partition coefficient (Wildman–Crippen LogP) is 4.07. The van der Waals surface area contributed by atoms with E-state index < -0.39 is 0 Å². The molecule has 25 heavy (non-hydrogen) atoms. The lowest BCUT2D eigenvalue weighted by Crippen LogP contribution is -2.27. The Morgan fingerprint density at radius 1 is 1.16 bits per heavy atom. The number of nitrogens with two attached hydrogens (primary N) is 1. The maximum absolute atomic E-state index is 6.26. The first kappa shape index (κ1) is 16.1. The molecule has 126 valence electrons. The molecule has 9 heteroatoms. The van der Waals surface area contributed by atoms with Gasteiger partial charge < -0.3 is 10.5 Å². The van der Waals surface area contributed by atoms with Crippen LogP contribution in [0.15, 0.2) is 36.4 Å². The number of benzene rings is 2. The second-order valence-electron chi connectivity index (χ2n) is 5.18. The van der Waals surface area contributed by atoms with Gasteiger partial charge in [0.25, 0.3) is 0 Å². The Bertz CT molecular complexity index is 1090. The van der Waals surface area contributed by atoms with E-state index in [0.717, 1.165) is 16.0 Å². The van der Waals surface area contributed by atoms with Crippen LogP contribution in [0.5, 0.6) is 5.75 Å². The zero-order chi connectivity index (χ0) is 17.6. The minimum absolute atomic E-state index is 0.157. The highest BCUT2D eigenvalue weighted by Gasteiger charge is 2.22. The number of hydrogen-bond donors (Lipinski definition) is 2. The van der Waals surface area contributed by atoms with Crippen LogP contribution >= 0.6 is 34.5 Å². The average Bonchev–Trinajstić information content (AvgIpc) is 2.95. The third-order valence-electron chi connectivity index (χ3n) is 3.64. The van der Waals surface area contributed by atoms with Crippen molar-refractivity contribution in [2.75, 3.05) is 18.2 Å². The number of para-hydroxylation sites is 1. The van der Waals surface area contributed by atoms with Gasteiger partial charge in [0, 0.05) is 6.07 Å². The lowest BCUT2D eigenvalue weighted by molar-refractivity contribution is -0.467. The van der Waals surface area contributed by atoms with Gasteiger partial charge in [0.2, 0.25) is 0 Å². The molecule has 0 spiro atoms. The van der Waals surface area contributed by atoms with Crippen molar-refractivity contribution < 1.29 is 9.14 Å². The molecule has 0 saturated carbocycles. The highest BCUT2D eigenvalue weighted by atomic mass is 35.5. The van der Waals surface area contributed by atoms with Crippen LogP contribution in [-0.4, -0.2) is 17.1 Å². The van der Waals surface area contributed by atoms with Crippen LogP contribution in [0.2, 0.25) is 10.0 Å². The number of hydrogen-bond acceptors (Lipinski definition) is 6. The molecule has 2 aromatic heterocycles. The molecular formula is C16H12Cl2N5OS+. The Morgan fingerprint density at radius 2 is 1.92 bits per heavy atom. The molecule has 0 aliphatic carbocycles. The predicted molar refractivity (Wildman–Crippen MR) is 101 cm³/mol. The zero-order valence-corrected chi connectivity index (χ0v) is 15.3. The molecule has 0 saturated heterocycles. The maximum atomic E-state index is 6.26. The molecule has 0 radical (unpaired) electrons. The van der Waals surface area contributed by atoms with E-state index in [1.54, 1.807) is 25.3 Å². The summed E-state index contributed by atoms with van der Waals surface area (Å²) in [5.74, 6) is 1.40. The topological polar surface area (TPSA) is 77.2 Å². The number of methoxy groups -OCH3 is 1. The highest BCUT2D eigenvalue weighted by molar-refractivity contribution is 7.22. The van der Waals surface area contributed by atoms with Crippen molar-refractivity contribution in [2.24, 2.45) is 0 Å². The SMILES string of the molecule is COc1ccc2c(c1)sc1nc(N)nc(Nc3c(Cl)cccc3Cl)[n+]12. The summed E-state index contributed by atoms with van der Waals surface area (Å²) >= 11 is 14.0. The average molecular weight is 393 g/mol. The fourth-order valence-electron chi connectivity index (χ4n) is 2.51. The summed E-state index contributed by atoms with van der Waals surface area (Å²) < 4.78 is 8.15. The van der Waals surface area contributed by atoms with Crippen LogP contribution in [0.4, 0.5) is 17.6 Å². The third kappa shape index (κ3) is 2.80.